The molecule has 0 aliphatic carbocycles. The van der Waals surface area contributed by atoms with Crippen molar-refractivity contribution in [3.63, 3.8) is 0 Å². The highest BCUT2D eigenvalue weighted by molar-refractivity contribution is 4.48. The van der Waals surface area contributed by atoms with E-state index in [0.29, 0.717) is 6.54 Å². The largest absolute Gasteiger partial charge is 0.395 e. The zero-order valence-corrected chi connectivity index (χ0v) is 6.69. The molecule has 0 aromatic rings. The van der Waals surface area contributed by atoms with Crippen LogP contribution >= 0.6 is 0 Å². The minimum Gasteiger partial charge on any atom is -0.395 e. The fourth-order valence-electron chi connectivity index (χ4n) is 0.719. The van der Waals surface area contributed by atoms with Gasteiger partial charge in [-0.3, -0.25) is 0 Å². The van der Waals surface area contributed by atoms with Crippen LogP contribution in [0.5, 0.6) is 0 Å². The van der Waals surface area contributed by atoms with Gasteiger partial charge in [0.25, 0.3) is 0 Å². The number of nitrogens with one attached hydrogen (secondary N) is 2. The molecule has 0 unspecified atom stereocenters. The summed E-state index contributed by atoms with van der Waals surface area (Å²) in [5, 5.41) is 14.7. The molecule has 0 aromatic heterocycles. The number of rotatable bonds is 7. The summed E-state index contributed by atoms with van der Waals surface area (Å²) in [5.74, 6) is 0. The lowest BCUT2D eigenvalue weighted by Crippen LogP contribution is -2.23. The van der Waals surface area contributed by atoms with Crippen LogP contribution in [0, 0.1) is 0 Å². The summed E-state index contributed by atoms with van der Waals surface area (Å²) >= 11 is 0. The molecule has 0 amide bonds. The molecule has 0 saturated carbocycles. The molecule has 0 atom stereocenters. The van der Waals surface area contributed by atoms with Gasteiger partial charge in [-0.25, -0.2) is 0 Å². The minimum atomic E-state index is 0.237. The molecule has 0 spiro atoms. The maximum absolute atomic E-state index is 8.39. The standard InChI is InChI=1S/C7H18N2O/c1-2-8-4-3-5-9-6-7-10/h8-10H,2-7H2,1H3. The average molecular weight is 146 g/mol. The monoisotopic (exact) mass is 146 g/mol. The number of hydrogen-bond donors (Lipinski definition) is 3. The van der Waals surface area contributed by atoms with Crippen LogP contribution in [0.3, 0.4) is 0 Å². The van der Waals surface area contributed by atoms with Crippen molar-refractivity contribution >= 4 is 0 Å². The summed E-state index contributed by atoms with van der Waals surface area (Å²) in [4.78, 5) is 0. The van der Waals surface area contributed by atoms with E-state index >= 15 is 0 Å². The fraction of sp³-hybridized carbons (Fsp3) is 1.00. The highest BCUT2D eigenvalue weighted by Crippen LogP contribution is 1.71. The molecule has 3 nitrogen and oxygen atoms in total. The molecule has 0 radical (unpaired) electrons. The molecule has 10 heavy (non-hydrogen) atoms. The van der Waals surface area contributed by atoms with Crippen LogP contribution in [0.1, 0.15) is 13.3 Å². The molecule has 0 fully saturated rings. The summed E-state index contributed by atoms with van der Waals surface area (Å²) in [7, 11) is 0. The SMILES string of the molecule is CCNCCCNCCO. The number of aliphatic hydroxyl groups is 1. The predicted octanol–water partition coefficient (Wildman–Crippen LogP) is -0.432. The van der Waals surface area contributed by atoms with E-state index in [-0.39, 0.29) is 6.61 Å². The van der Waals surface area contributed by atoms with E-state index in [0.717, 1.165) is 26.1 Å². The zero-order chi connectivity index (χ0) is 7.66. The van der Waals surface area contributed by atoms with Crippen LogP contribution in [0.4, 0.5) is 0 Å². The van der Waals surface area contributed by atoms with Crippen molar-refractivity contribution in [3.8, 4) is 0 Å². The third-order valence-electron chi connectivity index (χ3n) is 1.25. The summed E-state index contributed by atoms with van der Waals surface area (Å²) in [5.41, 5.74) is 0. The van der Waals surface area contributed by atoms with E-state index in [1.165, 1.54) is 0 Å². The van der Waals surface area contributed by atoms with Crippen molar-refractivity contribution in [2.45, 2.75) is 13.3 Å². The van der Waals surface area contributed by atoms with E-state index in [1.54, 1.807) is 0 Å². The second-order valence-corrected chi connectivity index (χ2v) is 2.18. The molecule has 3 N–H and O–H groups in total. The lowest BCUT2D eigenvalue weighted by atomic mass is 10.4. The molecule has 3 heteroatoms. The van der Waals surface area contributed by atoms with Crippen molar-refractivity contribution in [2.24, 2.45) is 0 Å². The summed E-state index contributed by atoms with van der Waals surface area (Å²) < 4.78 is 0. The van der Waals surface area contributed by atoms with Crippen molar-refractivity contribution < 1.29 is 5.11 Å². The molecule has 0 aliphatic rings. The first-order valence-corrected chi connectivity index (χ1v) is 3.94. The van der Waals surface area contributed by atoms with Gasteiger partial charge < -0.3 is 15.7 Å². The van der Waals surface area contributed by atoms with Crippen LogP contribution in [0.25, 0.3) is 0 Å². The highest BCUT2D eigenvalue weighted by Gasteiger charge is 1.84. The Morgan fingerprint density at radius 3 is 2.40 bits per heavy atom. The molecule has 0 heterocycles. The minimum absolute atomic E-state index is 0.237. The Morgan fingerprint density at radius 1 is 1.10 bits per heavy atom. The Labute approximate surface area is 62.8 Å². The van der Waals surface area contributed by atoms with Gasteiger partial charge in [-0.1, -0.05) is 6.92 Å². The van der Waals surface area contributed by atoms with Crippen LogP contribution in [-0.2, 0) is 0 Å². The first-order valence-electron chi connectivity index (χ1n) is 3.94. The van der Waals surface area contributed by atoms with E-state index in [9.17, 15) is 0 Å². The van der Waals surface area contributed by atoms with Gasteiger partial charge in [0.2, 0.25) is 0 Å². The normalized spacial score (nSPS) is 10.2. The highest BCUT2D eigenvalue weighted by atomic mass is 16.3. The summed E-state index contributed by atoms with van der Waals surface area (Å²) in [6.45, 7) is 6.15. The van der Waals surface area contributed by atoms with Crippen molar-refractivity contribution in [2.75, 3.05) is 32.8 Å². The van der Waals surface area contributed by atoms with Gasteiger partial charge in [0.05, 0.1) is 6.61 Å². The topological polar surface area (TPSA) is 44.3 Å². The van der Waals surface area contributed by atoms with Crippen molar-refractivity contribution in [1.29, 1.82) is 0 Å². The molecule has 0 bridgehead atoms. The van der Waals surface area contributed by atoms with Gasteiger partial charge in [0.15, 0.2) is 0 Å². The Hall–Kier alpha value is -0.120. The maximum atomic E-state index is 8.39. The maximum Gasteiger partial charge on any atom is 0.0555 e. The Kier molecular flexibility index (Phi) is 8.77. The molecule has 0 saturated heterocycles. The van der Waals surface area contributed by atoms with Gasteiger partial charge in [-0.05, 0) is 26.1 Å². The molecule has 0 aliphatic heterocycles. The average Bonchev–Trinajstić information content (AvgIpc) is 1.97. The third kappa shape index (κ3) is 7.88. The van der Waals surface area contributed by atoms with Crippen molar-refractivity contribution in [3.05, 3.63) is 0 Å². The Bertz CT molecular complexity index is 51.6. The lowest BCUT2D eigenvalue weighted by Gasteiger charge is -2.02. The van der Waals surface area contributed by atoms with E-state index in [4.69, 9.17) is 5.11 Å². The first-order chi connectivity index (χ1) is 4.91. The lowest BCUT2D eigenvalue weighted by molar-refractivity contribution is 0.292. The molecule has 62 valence electrons. The Morgan fingerprint density at radius 2 is 1.80 bits per heavy atom. The van der Waals surface area contributed by atoms with Crippen LogP contribution < -0.4 is 10.6 Å². The molecular weight excluding hydrogens is 128 g/mol. The summed E-state index contributed by atoms with van der Waals surface area (Å²) in [6.07, 6.45) is 1.13. The first kappa shape index (κ1) is 9.88. The molecule has 0 aromatic carbocycles. The van der Waals surface area contributed by atoms with E-state index < -0.39 is 0 Å². The second-order valence-electron chi connectivity index (χ2n) is 2.18. The molecular formula is C7H18N2O. The van der Waals surface area contributed by atoms with E-state index in [1.807, 2.05) is 0 Å². The number of aliphatic hydroxyl groups excluding tert-OH is 1. The Balaban J connectivity index is 2.65. The summed E-state index contributed by atoms with van der Waals surface area (Å²) in [6, 6.07) is 0. The fourth-order valence-corrected chi connectivity index (χ4v) is 0.719. The third-order valence-corrected chi connectivity index (χ3v) is 1.25. The van der Waals surface area contributed by atoms with E-state index in [2.05, 4.69) is 17.6 Å². The van der Waals surface area contributed by atoms with Gasteiger partial charge in [-0.2, -0.15) is 0 Å². The van der Waals surface area contributed by atoms with Gasteiger partial charge >= 0.3 is 0 Å². The zero-order valence-electron chi connectivity index (χ0n) is 6.69. The predicted molar refractivity (Wildman–Crippen MR) is 43.1 cm³/mol. The van der Waals surface area contributed by atoms with Gasteiger partial charge in [0, 0.05) is 6.54 Å². The quantitative estimate of drug-likeness (QED) is 0.427. The van der Waals surface area contributed by atoms with Crippen LogP contribution in [-0.4, -0.2) is 37.9 Å². The van der Waals surface area contributed by atoms with Crippen molar-refractivity contribution in [1.82, 2.24) is 10.6 Å². The smallest absolute Gasteiger partial charge is 0.0555 e. The molecule has 0 rings (SSSR count). The van der Waals surface area contributed by atoms with Crippen LogP contribution in [0.2, 0.25) is 0 Å². The second kappa shape index (κ2) is 8.88. The van der Waals surface area contributed by atoms with Gasteiger partial charge in [-0.15, -0.1) is 0 Å². The number of hydrogen-bond acceptors (Lipinski definition) is 3. The van der Waals surface area contributed by atoms with Crippen LogP contribution in [0.15, 0.2) is 0 Å². The van der Waals surface area contributed by atoms with Gasteiger partial charge in [0.1, 0.15) is 0 Å².